The fraction of sp³-hybridized carbons (Fsp3) is 0.450. The van der Waals surface area contributed by atoms with Gasteiger partial charge in [0.15, 0.2) is 23.7 Å². The third-order valence-corrected chi connectivity index (χ3v) is 6.54. The van der Waals surface area contributed by atoms with Crippen LogP contribution < -0.4 is 22.1 Å². The minimum atomic E-state index is -2.73. The first kappa shape index (κ1) is 21.9. The molecule has 5 rings (SSSR count). The highest BCUT2D eigenvalue weighted by Gasteiger charge is 2.74. The number of hydrogen-bond donors (Lipinski definition) is 6. The molecular weight excluding hydrogens is 448 g/mol. The summed E-state index contributed by atoms with van der Waals surface area (Å²) >= 11 is 0. The number of carbonyl (C=O) groups excluding carboxylic acids is 3. The van der Waals surface area contributed by atoms with Gasteiger partial charge < -0.3 is 36.6 Å². The van der Waals surface area contributed by atoms with Crippen molar-refractivity contribution in [2.24, 2.45) is 21.5 Å². The number of hydrogen-bond acceptors (Lipinski definition) is 12. The summed E-state index contributed by atoms with van der Waals surface area (Å²) in [5, 5.41) is 27.9. The minimum Gasteiger partial charge on any atom is -0.438 e. The first-order chi connectivity index (χ1) is 16.1. The number of benzene rings is 1. The maximum absolute atomic E-state index is 12.5. The SMILES string of the molecule is NC1=N[C@H]2[C@H](CN3C(=O)CCC3=O)N=C(N)N3C[C@H](OC(=O)Nc4ccccc4)C(O)(O)C23N1. The van der Waals surface area contributed by atoms with E-state index in [1.54, 1.807) is 30.3 Å². The number of anilines is 1. The lowest BCUT2D eigenvalue weighted by molar-refractivity contribution is -0.256. The molecule has 8 N–H and O–H groups in total. The highest BCUT2D eigenvalue weighted by Crippen LogP contribution is 2.46. The molecule has 0 aromatic heterocycles. The Morgan fingerprint density at radius 1 is 1.18 bits per heavy atom. The van der Waals surface area contributed by atoms with Crippen LogP contribution in [-0.2, 0) is 14.3 Å². The van der Waals surface area contributed by atoms with E-state index in [0.29, 0.717) is 5.69 Å². The molecule has 1 aromatic rings. The number of nitrogens with one attached hydrogen (secondary N) is 2. The van der Waals surface area contributed by atoms with Gasteiger partial charge in [-0.15, -0.1) is 0 Å². The lowest BCUT2D eigenvalue weighted by Crippen LogP contribution is -2.77. The molecule has 180 valence electrons. The van der Waals surface area contributed by atoms with Crippen LogP contribution in [0.15, 0.2) is 40.3 Å². The van der Waals surface area contributed by atoms with E-state index in [0.717, 1.165) is 4.90 Å². The van der Waals surface area contributed by atoms with E-state index >= 15 is 0 Å². The lowest BCUT2D eigenvalue weighted by Gasteiger charge is -2.48. The van der Waals surface area contributed by atoms with Crippen LogP contribution in [0, 0.1) is 0 Å². The van der Waals surface area contributed by atoms with Gasteiger partial charge in [0.1, 0.15) is 6.04 Å². The largest absolute Gasteiger partial charge is 0.438 e. The number of nitrogens with zero attached hydrogens (tertiary/aromatic N) is 4. The lowest BCUT2D eigenvalue weighted by atomic mass is 9.85. The number of guanidine groups is 2. The number of amides is 3. The number of imide groups is 1. The Hall–Kier alpha value is -3.91. The average molecular weight is 472 g/mol. The van der Waals surface area contributed by atoms with Crippen molar-refractivity contribution in [1.29, 1.82) is 0 Å². The van der Waals surface area contributed by atoms with Crippen LogP contribution in [0.5, 0.6) is 0 Å². The van der Waals surface area contributed by atoms with Crippen molar-refractivity contribution in [1.82, 2.24) is 15.1 Å². The number of likely N-dealkylation sites (tertiary alicyclic amines) is 1. The number of carbonyl (C=O) groups is 3. The summed E-state index contributed by atoms with van der Waals surface area (Å²) in [5.41, 5.74) is 10.7. The van der Waals surface area contributed by atoms with Crippen molar-refractivity contribution >= 4 is 35.5 Å². The number of ether oxygens (including phenoxy) is 1. The number of aliphatic hydroxyl groups is 2. The summed E-state index contributed by atoms with van der Waals surface area (Å²) in [6.07, 6.45) is -2.21. The van der Waals surface area contributed by atoms with E-state index in [-0.39, 0.29) is 49.7 Å². The molecular formula is C20H24N8O6. The molecule has 3 amide bonds. The van der Waals surface area contributed by atoms with Crippen LogP contribution in [0.2, 0.25) is 0 Å². The van der Waals surface area contributed by atoms with Crippen LogP contribution in [0.25, 0.3) is 0 Å². The van der Waals surface area contributed by atoms with Crippen molar-refractivity contribution in [2.45, 2.75) is 42.5 Å². The van der Waals surface area contributed by atoms with Gasteiger partial charge in [-0.3, -0.25) is 19.8 Å². The van der Waals surface area contributed by atoms with Crippen molar-refractivity contribution in [3.05, 3.63) is 30.3 Å². The third kappa shape index (κ3) is 3.13. The molecule has 14 heteroatoms. The number of rotatable bonds is 4. The summed E-state index contributed by atoms with van der Waals surface area (Å²) in [7, 11) is 0. The summed E-state index contributed by atoms with van der Waals surface area (Å²) < 4.78 is 5.36. The van der Waals surface area contributed by atoms with Gasteiger partial charge in [0, 0.05) is 18.5 Å². The van der Waals surface area contributed by atoms with Crippen molar-refractivity contribution in [2.75, 3.05) is 18.4 Å². The van der Waals surface area contributed by atoms with E-state index in [9.17, 15) is 24.6 Å². The van der Waals surface area contributed by atoms with Gasteiger partial charge in [-0.2, -0.15) is 0 Å². The Bertz CT molecular complexity index is 1090. The van der Waals surface area contributed by atoms with E-state index in [1.165, 1.54) is 4.90 Å². The fourth-order valence-electron chi connectivity index (χ4n) is 4.98. The standard InChI is InChI=1S/C20H24N8O6/c21-16-25-15-11(8-27-13(29)6-7-14(27)30)24-17(22)28-9-12(20(32,33)19(15,28)26-16)34-18(31)23-10-4-2-1-3-5-10/h1-5,11-12,15,32-33H,6-9H2,(H2,22,24)(H,23,31)(H3,21,25,26)/t11-,12-,15-,19?/m0/s1. The number of aliphatic imine (C=N–C) groups is 2. The normalized spacial score (nSPS) is 31.4. The maximum atomic E-state index is 12.5. The third-order valence-electron chi connectivity index (χ3n) is 6.54. The predicted octanol–water partition coefficient (Wildman–Crippen LogP) is -2.57. The zero-order valence-corrected chi connectivity index (χ0v) is 17.9. The first-order valence-corrected chi connectivity index (χ1v) is 10.7. The van der Waals surface area contributed by atoms with Crippen LogP contribution >= 0.6 is 0 Å². The average Bonchev–Trinajstić information content (AvgIpc) is 3.37. The Labute approximate surface area is 193 Å². The highest BCUT2D eigenvalue weighted by atomic mass is 16.6. The van der Waals surface area contributed by atoms with Gasteiger partial charge in [0.2, 0.25) is 17.6 Å². The molecule has 4 aliphatic heterocycles. The van der Waals surface area contributed by atoms with Gasteiger partial charge in [-0.05, 0) is 12.1 Å². The molecule has 34 heavy (non-hydrogen) atoms. The smallest absolute Gasteiger partial charge is 0.412 e. The van der Waals surface area contributed by atoms with E-state index in [2.05, 4.69) is 20.6 Å². The topological polar surface area (TPSA) is 208 Å². The van der Waals surface area contributed by atoms with Gasteiger partial charge in [0.05, 0.1) is 19.1 Å². The monoisotopic (exact) mass is 472 g/mol. The van der Waals surface area contributed by atoms with Crippen LogP contribution in [-0.4, -0.2) is 92.6 Å². The van der Waals surface area contributed by atoms with Gasteiger partial charge >= 0.3 is 6.09 Å². The Morgan fingerprint density at radius 3 is 2.53 bits per heavy atom. The molecule has 1 unspecified atom stereocenters. The van der Waals surface area contributed by atoms with E-state index in [1.807, 2.05) is 0 Å². The van der Waals surface area contributed by atoms with Crippen molar-refractivity contribution in [3.63, 3.8) is 0 Å². The zero-order chi connectivity index (χ0) is 24.3. The van der Waals surface area contributed by atoms with E-state index < -0.39 is 35.7 Å². The fourth-order valence-corrected chi connectivity index (χ4v) is 4.98. The van der Waals surface area contributed by atoms with Gasteiger partial charge in [0.25, 0.3) is 0 Å². The molecule has 2 fully saturated rings. The highest BCUT2D eigenvalue weighted by molar-refractivity contribution is 6.02. The summed E-state index contributed by atoms with van der Waals surface area (Å²) in [6, 6.07) is 6.52. The van der Waals surface area contributed by atoms with Crippen LogP contribution in [0.4, 0.5) is 10.5 Å². The number of nitrogens with two attached hydrogens (primary N) is 2. The van der Waals surface area contributed by atoms with Gasteiger partial charge in [-0.1, -0.05) is 18.2 Å². The second-order valence-electron chi connectivity index (χ2n) is 8.53. The molecule has 2 saturated heterocycles. The first-order valence-electron chi connectivity index (χ1n) is 10.7. The minimum absolute atomic E-state index is 0.0900. The molecule has 0 bridgehead atoms. The maximum Gasteiger partial charge on any atom is 0.412 e. The molecule has 0 saturated carbocycles. The molecule has 4 aliphatic rings. The summed E-state index contributed by atoms with van der Waals surface area (Å²) in [4.78, 5) is 47.8. The molecule has 1 spiro atoms. The molecule has 4 heterocycles. The van der Waals surface area contributed by atoms with E-state index in [4.69, 9.17) is 16.2 Å². The Kier molecular flexibility index (Phi) is 4.87. The second-order valence-corrected chi connectivity index (χ2v) is 8.53. The molecule has 1 aromatic carbocycles. The quantitative estimate of drug-likeness (QED) is 0.199. The summed E-state index contributed by atoms with van der Waals surface area (Å²) in [6.45, 7) is -0.391. The molecule has 0 radical (unpaired) electrons. The van der Waals surface area contributed by atoms with Crippen molar-refractivity contribution < 1.29 is 29.3 Å². The Balaban J connectivity index is 1.42. The summed E-state index contributed by atoms with van der Waals surface area (Å²) in [5.74, 6) is -3.68. The van der Waals surface area contributed by atoms with Crippen LogP contribution in [0.1, 0.15) is 12.8 Å². The van der Waals surface area contributed by atoms with Crippen LogP contribution in [0.3, 0.4) is 0 Å². The second kappa shape index (κ2) is 7.56. The number of para-hydroxylation sites is 1. The van der Waals surface area contributed by atoms with Crippen molar-refractivity contribution in [3.8, 4) is 0 Å². The Morgan fingerprint density at radius 2 is 1.85 bits per heavy atom. The molecule has 4 atom stereocenters. The molecule has 14 nitrogen and oxygen atoms in total. The van der Waals surface area contributed by atoms with Gasteiger partial charge in [-0.25, -0.2) is 14.8 Å². The molecule has 0 aliphatic carbocycles. The predicted molar refractivity (Wildman–Crippen MR) is 117 cm³/mol. The zero-order valence-electron chi connectivity index (χ0n) is 17.9.